The summed E-state index contributed by atoms with van der Waals surface area (Å²) in [5, 5.41) is 3.64. The first kappa shape index (κ1) is 9.29. The Kier molecular flexibility index (Phi) is 3.31. The van der Waals surface area contributed by atoms with Crippen molar-refractivity contribution in [2.45, 2.75) is 13.5 Å². The van der Waals surface area contributed by atoms with Crippen LogP contribution in [-0.4, -0.2) is 11.5 Å². The lowest BCUT2D eigenvalue weighted by molar-refractivity contribution is 0.725. The first-order valence-corrected chi connectivity index (χ1v) is 4.23. The van der Waals surface area contributed by atoms with Gasteiger partial charge in [0.1, 0.15) is 11.0 Å². The van der Waals surface area contributed by atoms with Gasteiger partial charge in [-0.15, -0.1) is 0 Å². The fourth-order valence-corrected chi connectivity index (χ4v) is 1.10. The predicted molar refractivity (Wildman–Crippen MR) is 51.0 cm³/mol. The van der Waals surface area contributed by atoms with Gasteiger partial charge in [-0.1, -0.05) is 24.6 Å². The summed E-state index contributed by atoms with van der Waals surface area (Å²) in [5.41, 5.74) is 6.42. The Balaban J connectivity index is 2.72. The molecule has 0 aliphatic heterocycles. The summed E-state index contributed by atoms with van der Waals surface area (Å²) >= 11 is 5.83. The van der Waals surface area contributed by atoms with Crippen LogP contribution < -0.4 is 11.1 Å². The molecule has 0 bridgehead atoms. The van der Waals surface area contributed by atoms with E-state index in [4.69, 9.17) is 17.3 Å². The molecule has 1 rings (SSSR count). The third-order valence-corrected chi connectivity index (χ3v) is 1.84. The minimum atomic E-state index is 0.459. The van der Waals surface area contributed by atoms with Crippen molar-refractivity contribution in [1.29, 1.82) is 0 Å². The number of nitrogens with one attached hydrogen (secondary N) is 1. The zero-order valence-corrected chi connectivity index (χ0v) is 7.73. The second-order valence-corrected chi connectivity index (χ2v) is 2.82. The first-order valence-electron chi connectivity index (χ1n) is 3.85. The lowest BCUT2D eigenvalue weighted by Gasteiger charge is -2.03. The van der Waals surface area contributed by atoms with Crippen molar-refractivity contribution in [1.82, 2.24) is 10.3 Å². The SMILES string of the molecule is CCNCc1ccc(N)nc1Cl. The van der Waals surface area contributed by atoms with Gasteiger partial charge in [0.2, 0.25) is 0 Å². The van der Waals surface area contributed by atoms with Gasteiger partial charge in [0, 0.05) is 12.1 Å². The Bertz CT molecular complexity index is 262. The van der Waals surface area contributed by atoms with Crippen LogP contribution in [0.15, 0.2) is 12.1 Å². The number of halogens is 1. The number of pyridine rings is 1. The third-order valence-electron chi connectivity index (χ3n) is 1.51. The minimum Gasteiger partial charge on any atom is -0.384 e. The van der Waals surface area contributed by atoms with Gasteiger partial charge in [0.05, 0.1) is 0 Å². The minimum absolute atomic E-state index is 0.459. The van der Waals surface area contributed by atoms with Gasteiger partial charge in [0.15, 0.2) is 0 Å². The number of nitrogens with two attached hydrogens (primary N) is 1. The zero-order valence-electron chi connectivity index (χ0n) is 6.97. The molecule has 0 radical (unpaired) electrons. The van der Waals surface area contributed by atoms with Crippen LogP contribution in [-0.2, 0) is 6.54 Å². The van der Waals surface area contributed by atoms with Gasteiger partial charge in [-0.2, -0.15) is 0 Å². The third kappa shape index (κ3) is 2.36. The molecule has 12 heavy (non-hydrogen) atoms. The molecule has 3 nitrogen and oxygen atoms in total. The highest BCUT2D eigenvalue weighted by Crippen LogP contribution is 2.14. The second kappa shape index (κ2) is 4.28. The molecule has 3 N–H and O–H groups in total. The number of nitrogen functional groups attached to an aromatic ring is 1. The molecular weight excluding hydrogens is 174 g/mol. The molecule has 0 unspecified atom stereocenters. The monoisotopic (exact) mass is 185 g/mol. The standard InChI is InChI=1S/C8H12ClN3/c1-2-11-5-6-3-4-7(10)12-8(6)9/h3-4,11H,2,5H2,1H3,(H2,10,12). The Hall–Kier alpha value is -0.800. The van der Waals surface area contributed by atoms with E-state index in [9.17, 15) is 0 Å². The lowest BCUT2D eigenvalue weighted by Crippen LogP contribution is -2.12. The molecule has 1 aromatic rings. The summed E-state index contributed by atoms with van der Waals surface area (Å²) in [6, 6.07) is 3.63. The first-order chi connectivity index (χ1) is 5.74. The van der Waals surface area contributed by atoms with Crippen LogP contribution in [0.2, 0.25) is 5.15 Å². The van der Waals surface area contributed by atoms with Crippen molar-refractivity contribution in [3.8, 4) is 0 Å². The van der Waals surface area contributed by atoms with E-state index in [0.717, 1.165) is 18.7 Å². The van der Waals surface area contributed by atoms with E-state index >= 15 is 0 Å². The number of nitrogens with zero attached hydrogens (tertiary/aromatic N) is 1. The van der Waals surface area contributed by atoms with Gasteiger partial charge < -0.3 is 11.1 Å². The van der Waals surface area contributed by atoms with Crippen LogP contribution in [0.1, 0.15) is 12.5 Å². The fourth-order valence-electron chi connectivity index (χ4n) is 0.869. The molecule has 66 valence electrons. The summed E-state index contributed by atoms with van der Waals surface area (Å²) < 4.78 is 0. The predicted octanol–water partition coefficient (Wildman–Crippen LogP) is 1.43. The molecule has 0 saturated heterocycles. The smallest absolute Gasteiger partial charge is 0.135 e. The van der Waals surface area contributed by atoms with Crippen molar-refractivity contribution in [2.75, 3.05) is 12.3 Å². The fraction of sp³-hybridized carbons (Fsp3) is 0.375. The van der Waals surface area contributed by atoms with E-state index < -0.39 is 0 Å². The molecule has 0 amide bonds. The molecule has 0 saturated carbocycles. The van der Waals surface area contributed by atoms with Crippen LogP contribution in [0, 0.1) is 0 Å². The van der Waals surface area contributed by atoms with Gasteiger partial charge in [-0.05, 0) is 12.6 Å². The number of anilines is 1. The highest BCUT2D eigenvalue weighted by molar-refractivity contribution is 6.30. The van der Waals surface area contributed by atoms with E-state index in [1.54, 1.807) is 6.07 Å². The number of rotatable bonds is 3. The topological polar surface area (TPSA) is 50.9 Å². The number of hydrogen-bond donors (Lipinski definition) is 2. The Morgan fingerprint density at radius 2 is 2.33 bits per heavy atom. The molecule has 4 heteroatoms. The zero-order chi connectivity index (χ0) is 8.97. The van der Waals surface area contributed by atoms with Crippen LogP contribution in [0.3, 0.4) is 0 Å². The molecule has 0 spiro atoms. The van der Waals surface area contributed by atoms with Crippen LogP contribution >= 0.6 is 11.6 Å². The average molecular weight is 186 g/mol. The van der Waals surface area contributed by atoms with Crippen molar-refractivity contribution < 1.29 is 0 Å². The lowest BCUT2D eigenvalue weighted by atomic mass is 10.3. The maximum Gasteiger partial charge on any atom is 0.135 e. The average Bonchev–Trinajstić information content (AvgIpc) is 2.03. The Morgan fingerprint density at radius 3 is 2.92 bits per heavy atom. The highest BCUT2D eigenvalue weighted by Gasteiger charge is 2.00. The molecule has 1 heterocycles. The second-order valence-electron chi connectivity index (χ2n) is 2.47. The summed E-state index contributed by atoms with van der Waals surface area (Å²) in [6.45, 7) is 3.70. The van der Waals surface area contributed by atoms with Crippen molar-refractivity contribution >= 4 is 17.4 Å². The quantitative estimate of drug-likeness (QED) is 0.701. The Labute approximate surface area is 76.9 Å². The van der Waals surface area contributed by atoms with Crippen molar-refractivity contribution in [2.24, 2.45) is 0 Å². The maximum absolute atomic E-state index is 5.83. The van der Waals surface area contributed by atoms with Crippen LogP contribution in [0.4, 0.5) is 5.82 Å². The molecule has 0 fully saturated rings. The van der Waals surface area contributed by atoms with Gasteiger partial charge in [0.25, 0.3) is 0 Å². The van der Waals surface area contributed by atoms with E-state index in [0.29, 0.717) is 11.0 Å². The van der Waals surface area contributed by atoms with Crippen LogP contribution in [0.5, 0.6) is 0 Å². The molecular formula is C8H12ClN3. The van der Waals surface area contributed by atoms with Crippen molar-refractivity contribution in [3.63, 3.8) is 0 Å². The number of hydrogen-bond acceptors (Lipinski definition) is 3. The van der Waals surface area contributed by atoms with Gasteiger partial charge in [-0.25, -0.2) is 4.98 Å². The van der Waals surface area contributed by atoms with E-state index in [1.807, 2.05) is 13.0 Å². The Morgan fingerprint density at radius 1 is 1.58 bits per heavy atom. The normalized spacial score (nSPS) is 10.2. The van der Waals surface area contributed by atoms with E-state index in [2.05, 4.69) is 10.3 Å². The molecule has 0 aliphatic rings. The maximum atomic E-state index is 5.83. The molecule has 1 aromatic heterocycles. The summed E-state index contributed by atoms with van der Waals surface area (Å²) in [4.78, 5) is 3.93. The van der Waals surface area contributed by atoms with Gasteiger partial charge in [-0.3, -0.25) is 0 Å². The van der Waals surface area contributed by atoms with E-state index in [1.165, 1.54) is 0 Å². The highest BCUT2D eigenvalue weighted by atomic mass is 35.5. The largest absolute Gasteiger partial charge is 0.384 e. The van der Waals surface area contributed by atoms with Gasteiger partial charge >= 0.3 is 0 Å². The summed E-state index contributed by atoms with van der Waals surface area (Å²) in [5.74, 6) is 0.459. The van der Waals surface area contributed by atoms with E-state index in [-0.39, 0.29) is 0 Å². The van der Waals surface area contributed by atoms with Crippen LogP contribution in [0.25, 0.3) is 0 Å². The molecule has 0 aromatic carbocycles. The summed E-state index contributed by atoms with van der Waals surface area (Å²) in [6.07, 6.45) is 0. The molecule has 0 aliphatic carbocycles. The van der Waals surface area contributed by atoms with Crippen molar-refractivity contribution in [3.05, 3.63) is 22.8 Å². The summed E-state index contributed by atoms with van der Waals surface area (Å²) in [7, 11) is 0. The molecule has 0 atom stereocenters. The number of aromatic nitrogens is 1.